The molecule has 3 aromatic carbocycles. The summed E-state index contributed by atoms with van der Waals surface area (Å²) in [6.45, 7) is 8.82. The van der Waals surface area contributed by atoms with Crippen molar-refractivity contribution >= 4 is 39.1 Å². The lowest BCUT2D eigenvalue weighted by molar-refractivity contribution is -0.139. The van der Waals surface area contributed by atoms with Crippen molar-refractivity contribution in [3.63, 3.8) is 0 Å². The average molecular weight is 570 g/mol. The third kappa shape index (κ3) is 7.40. The fraction of sp³-hybridized carbons (Fsp3) is 0.333. The summed E-state index contributed by atoms with van der Waals surface area (Å²) in [6.07, 6.45) is 0.733. The highest BCUT2D eigenvalue weighted by Crippen LogP contribution is 2.29. The molecule has 2 amide bonds. The molecule has 0 unspecified atom stereocenters. The van der Waals surface area contributed by atoms with Crippen LogP contribution in [0.15, 0.2) is 77.7 Å². The summed E-state index contributed by atoms with van der Waals surface area (Å²) in [7, 11) is -4.11. The number of carbonyl (C=O) groups excluding carboxylic acids is 2. The van der Waals surface area contributed by atoms with E-state index in [4.69, 9.17) is 11.6 Å². The van der Waals surface area contributed by atoms with Gasteiger partial charge in [0.25, 0.3) is 10.0 Å². The molecule has 0 fully saturated rings. The largest absolute Gasteiger partial charge is 0.352 e. The zero-order valence-corrected chi connectivity index (χ0v) is 24.6. The number of hydrogen-bond donors (Lipinski definition) is 1. The number of sulfonamides is 1. The van der Waals surface area contributed by atoms with Crippen molar-refractivity contribution in [2.45, 2.75) is 64.6 Å². The maximum absolute atomic E-state index is 14.0. The van der Waals surface area contributed by atoms with Crippen LogP contribution in [0.3, 0.4) is 0 Å². The van der Waals surface area contributed by atoms with Crippen LogP contribution in [0.2, 0.25) is 5.02 Å². The number of amides is 2. The van der Waals surface area contributed by atoms with Crippen LogP contribution in [0.5, 0.6) is 0 Å². The second-order valence-electron chi connectivity index (χ2n) is 9.69. The summed E-state index contributed by atoms with van der Waals surface area (Å²) in [5, 5.41) is 3.43. The molecular formula is C30H36ClN3O4S. The molecule has 2 atom stereocenters. The Morgan fingerprint density at radius 2 is 1.62 bits per heavy atom. The van der Waals surface area contributed by atoms with Gasteiger partial charge in [-0.2, -0.15) is 0 Å². The Balaban J connectivity index is 2.06. The van der Waals surface area contributed by atoms with E-state index in [9.17, 15) is 18.0 Å². The Hall–Kier alpha value is -3.36. The lowest BCUT2D eigenvalue weighted by Gasteiger charge is -2.33. The lowest BCUT2D eigenvalue weighted by atomic mass is 10.1. The van der Waals surface area contributed by atoms with Gasteiger partial charge in [-0.1, -0.05) is 61.0 Å². The number of nitrogens with zero attached hydrogens (tertiary/aromatic N) is 2. The summed E-state index contributed by atoms with van der Waals surface area (Å²) < 4.78 is 28.9. The van der Waals surface area contributed by atoms with Gasteiger partial charge >= 0.3 is 0 Å². The van der Waals surface area contributed by atoms with E-state index in [1.54, 1.807) is 55.5 Å². The summed E-state index contributed by atoms with van der Waals surface area (Å²) in [5.74, 6) is -0.828. The Kier molecular flexibility index (Phi) is 10.2. The van der Waals surface area contributed by atoms with Crippen LogP contribution >= 0.6 is 11.6 Å². The number of hydrogen-bond acceptors (Lipinski definition) is 4. The first-order chi connectivity index (χ1) is 18.4. The second kappa shape index (κ2) is 13.1. The highest BCUT2D eigenvalue weighted by atomic mass is 35.5. The Labute approximate surface area is 236 Å². The topological polar surface area (TPSA) is 86.8 Å². The molecule has 0 aliphatic heterocycles. The molecule has 0 aliphatic rings. The molecule has 0 aromatic heterocycles. The van der Waals surface area contributed by atoms with Crippen molar-refractivity contribution < 1.29 is 18.0 Å². The number of aryl methyl sites for hydroxylation is 1. The molecule has 0 heterocycles. The van der Waals surface area contributed by atoms with Gasteiger partial charge in [0, 0.05) is 17.6 Å². The Morgan fingerprint density at radius 1 is 0.949 bits per heavy atom. The molecule has 0 spiro atoms. The van der Waals surface area contributed by atoms with E-state index < -0.39 is 28.5 Å². The number of nitrogens with one attached hydrogen (secondary N) is 1. The molecule has 208 valence electrons. The molecule has 39 heavy (non-hydrogen) atoms. The third-order valence-electron chi connectivity index (χ3n) is 6.87. The fourth-order valence-electron chi connectivity index (χ4n) is 4.12. The van der Waals surface area contributed by atoms with Crippen molar-refractivity contribution in [2.24, 2.45) is 0 Å². The third-order valence-corrected chi connectivity index (χ3v) is 8.87. The van der Waals surface area contributed by atoms with E-state index in [1.165, 1.54) is 17.0 Å². The van der Waals surface area contributed by atoms with Crippen LogP contribution in [-0.2, 0) is 26.2 Å². The van der Waals surface area contributed by atoms with Gasteiger partial charge in [0.2, 0.25) is 11.8 Å². The summed E-state index contributed by atoms with van der Waals surface area (Å²) in [4.78, 5) is 28.6. The first-order valence-electron chi connectivity index (χ1n) is 12.9. The molecule has 0 saturated carbocycles. The number of benzene rings is 3. The maximum atomic E-state index is 14.0. The molecule has 0 bridgehead atoms. The van der Waals surface area contributed by atoms with Gasteiger partial charge in [-0.15, -0.1) is 0 Å². The van der Waals surface area contributed by atoms with E-state index in [1.807, 2.05) is 39.8 Å². The standard InChI is InChI=1S/C30H36ClN3O4S/c1-6-22(3)32-30(36)24(5)33(19-25-13-11-14-26(31)18-25)29(35)20-34(28-17-10-12-21(2)23(28)4)39(37,38)27-15-8-7-9-16-27/h7-18,22,24H,6,19-20H2,1-5H3,(H,32,36)/t22-,24-/m1/s1. The highest BCUT2D eigenvalue weighted by molar-refractivity contribution is 7.92. The molecule has 3 aromatic rings. The molecule has 1 N–H and O–H groups in total. The van der Waals surface area contributed by atoms with Gasteiger partial charge in [-0.3, -0.25) is 13.9 Å². The summed E-state index contributed by atoms with van der Waals surface area (Å²) in [6, 6.07) is 19.5. The van der Waals surface area contributed by atoms with Crippen LogP contribution in [-0.4, -0.2) is 43.8 Å². The monoisotopic (exact) mass is 569 g/mol. The molecule has 9 heteroatoms. The minimum atomic E-state index is -4.11. The van der Waals surface area contributed by atoms with Crippen LogP contribution < -0.4 is 9.62 Å². The predicted octanol–water partition coefficient (Wildman–Crippen LogP) is 5.48. The zero-order valence-electron chi connectivity index (χ0n) is 23.0. The first-order valence-corrected chi connectivity index (χ1v) is 14.8. The van der Waals surface area contributed by atoms with Gasteiger partial charge in [-0.25, -0.2) is 8.42 Å². The predicted molar refractivity (Wildman–Crippen MR) is 156 cm³/mol. The van der Waals surface area contributed by atoms with E-state index in [0.717, 1.165) is 27.4 Å². The van der Waals surface area contributed by atoms with Crippen molar-refractivity contribution in [1.29, 1.82) is 0 Å². The number of anilines is 1. The van der Waals surface area contributed by atoms with Crippen LogP contribution in [0.25, 0.3) is 0 Å². The SMILES string of the molecule is CC[C@@H](C)NC(=O)[C@@H](C)N(Cc1cccc(Cl)c1)C(=O)CN(c1cccc(C)c1C)S(=O)(=O)c1ccccc1. The smallest absolute Gasteiger partial charge is 0.264 e. The molecule has 7 nitrogen and oxygen atoms in total. The van der Waals surface area contributed by atoms with Gasteiger partial charge in [0.05, 0.1) is 10.6 Å². The first kappa shape index (κ1) is 30.2. The van der Waals surface area contributed by atoms with Crippen LogP contribution in [0.4, 0.5) is 5.69 Å². The van der Waals surface area contributed by atoms with Gasteiger partial charge in [0.1, 0.15) is 12.6 Å². The maximum Gasteiger partial charge on any atom is 0.264 e. The molecule has 0 radical (unpaired) electrons. The number of halogens is 1. The van der Waals surface area contributed by atoms with Crippen molar-refractivity contribution in [2.75, 3.05) is 10.8 Å². The van der Waals surface area contributed by atoms with Crippen LogP contribution in [0, 0.1) is 13.8 Å². The normalized spacial score (nSPS) is 12.9. The van der Waals surface area contributed by atoms with Gasteiger partial charge in [0.15, 0.2) is 0 Å². The summed E-state index contributed by atoms with van der Waals surface area (Å²) in [5.41, 5.74) is 2.77. The molecule has 0 saturated heterocycles. The Morgan fingerprint density at radius 3 is 2.26 bits per heavy atom. The quantitative estimate of drug-likeness (QED) is 0.331. The van der Waals surface area contributed by atoms with Gasteiger partial charge < -0.3 is 10.2 Å². The second-order valence-corrected chi connectivity index (χ2v) is 12.0. The van der Waals surface area contributed by atoms with E-state index in [-0.39, 0.29) is 23.4 Å². The lowest BCUT2D eigenvalue weighted by Crippen LogP contribution is -2.52. The summed E-state index contributed by atoms with van der Waals surface area (Å²) >= 11 is 6.19. The van der Waals surface area contributed by atoms with E-state index in [0.29, 0.717) is 10.7 Å². The molecular weight excluding hydrogens is 534 g/mol. The van der Waals surface area contributed by atoms with E-state index >= 15 is 0 Å². The zero-order chi connectivity index (χ0) is 28.7. The molecule has 0 aliphatic carbocycles. The van der Waals surface area contributed by atoms with Gasteiger partial charge in [-0.05, 0) is 81.1 Å². The Bertz CT molecular complexity index is 1410. The highest BCUT2D eigenvalue weighted by Gasteiger charge is 2.33. The van der Waals surface area contributed by atoms with Crippen molar-refractivity contribution in [3.8, 4) is 0 Å². The van der Waals surface area contributed by atoms with Crippen molar-refractivity contribution in [1.82, 2.24) is 10.2 Å². The minimum Gasteiger partial charge on any atom is -0.352 e. The average Bonchev–Trinajstić information content (AvgIpc) is 2.92. The minimum absolute atomic E-state index is 0.0719. The van der Waals surface area contributed by atoms with Crippen molar-refractivity contribution in [3.05, 3.63) is 94.5 Å². The number of carbonyl (C=O) groups is 2. The number of rotatable bonds is 11. The molecule has 3 rings (SSSR count). The van der Waals surface area contributed by atoms with E-state index in [2.05, 4.69) is 5.32 Å². The fourth-order valence-corrected chi connectivity index (χ4v) is 5.82. The van der Waals surface area contributed by atoms with Crippen LogP contribution in [0.1, 0.15) is 43.9 Å².